The van der Waals surface area contributed by atoms with Crippen LogP contribution in [0.1, 0.15) is 32.6 Å². The maximum Gasteiger partial charge on any atom is 0.319 e. The SMILES string of the molecule is CCOc1cc(NC(=O)NC2CCC(C(=O)O)CC2)ccc1OC. The van der Waals surface area contributed by atoms with Crippen molar-refractivity contribution in [2.75, 3.05) is 19.0 Å². The minimum atomic E-state index is -0.750. The van der Waals surface area contributed by atoms with E-state index in [9.17, 15) is 9.59 Å². The molecule has 1 aromatic carbocycles. The van der Waals surface area contributed by atoms with Crippen molar-refractivity contribution in [3.8, 4) is 11.5 Å². The Labute approximate surface area is 141 Å². The molecule has 0 aliphatic heterocycles. The second-order valence-corrected chi connectivity index (χ2v) is 5.78. The zero-order chi connectivity index (χ0) is 17.5. The van der Waals surface area contributed by atoms with Crippen LogP contribution in [0, 0.1) is 5.92 Å². The number of anilines is 1. The third kappa shape index (κ3) is 4.78. The van der Waals surface area contributed by atoms with Crippen molar-refractivity contribution < 1.29 is 24.2 Å². The molecule has 0 saturated heterocycles. The molecule has 1 aliphatic carbocycles. The summed E-state index contributed by atoms with van der Waals surface area (Å²) in [5.74, 6) is 0.135. The lowest BCUT2D eigenvalue weighted by molar-refractivity contribution is -0.142. The second kappa shape index (κ2) is 8.42. The predicted octanol–water partition coefficient (Wildman–Crippen LogP) is 2.86. The van der Waals surface area contributed by atoms with Gasteiger partial charge in [0.05, 0.1) is 19.6 Å². The first kappa shape index (κ1) is 17.9. The zero-order valence-electron chi connectivity index (χ0n) is 14.0. The fourth-order valence-corrected chi connectivity index (χ4v) is 2.86. The molecule has 0 aromatic heterocycles. The number of carboxylic acids is 1. The standard InChI is InChI=1S/C17H24N2O5/c1-3-24-15-10-13(8-9-14(15)23-2)19-17(22)18-12-6-4-11(5-7-12)16(20)21/h8-12H,3-7H2,1-2H3,(H,20,21)(H2,18,19,22). The smallest absolute Gasteiger partial charge is 0.319 e. The zero-order valence-corrected chi connectivity index (χ0v) is 14.0. The van der Waals surface area contributed by atoms with Gasteiger partial charge in [-0.2, -0.15) is 0 Å². The van der Waals surface area contributed by atoms with Gasteiger partial charge in [-0.1, -0.05) is 0 Å². The minimum Gasteiger partial charge on any atom is -0.493 e. The van der Waals surface area contributed by atoms with Gasteiger partial charge in [-0.05, 0) is 44.7 Å². The Hall–Kier alpha value is -2.44. The van der Waals surface area contributed by atoms with Crippen LogP contribution in [0.5, 0.6) is 11.5 Å². The lowest BCUT2D eigenvalue weighted by Crippen LogP contribution is -2.40. The summed E-state index contributed by atoms with van der Waals surface area (Å²) >= 11 is 0. The number of rotatable bonds is 6. The van der Waals surface area contributed by atoms with Crippen LogP contribution in [-0.4, -0.2) is 36.9 Å². The third-order valence-electron chi connectivity index (χ3n) is 4.13. The number of urea groups is 1. The highest BCUT2D eigenvalue weighted by Gasteiger charge is 2.26. The second-order valence-electron chi connectivity index (χ2n) is 5.78. The number of carbonyl (C=O) groups is 2. The van der Waals surface area contributed by atoms with Crippen LogP contribution in [0.15, 0.2) is 18.2 Å². The van der Waals surface area contributed by atoms with Gasteiger partial charge in [-0.15, -0.1) is 0 Å². The summed E-state index contributed by atoms with van der Waals surface area (Å²) in [6, 6.07) is 4.89. The van der Waals surface area contributed by atoms with Gasteiger partial charge in [0.25, 0.3) is 0 Å². The van der Waals surface area contributed by atoms with E-state index in [1.54, 1.807) is 25.3 Å². The number of methoxy groups -OCH3 is 1. The van der Waals surface area contributed by atoms with E-state index in [1.165, 1.54) is 0 Å². The van der Waals surface area contributed by atoms with Crippen molar-refractivity contribution in [2.24, 2.45) is 5.92 Å². The van der Waals surface area contributed by atoms with E-state index >= 15 is 0 Å². The summed E-state index contributed by atoms with van der Waals surface area (Å²) < 4.78 is 10.7. The molecule has 1 aliphatic rings. The molecule has 7 nitrogen and oxygen atoms in total. The quantitative estimate of drug-likeness (QED) is 0.742. The number of carboxylic acid groups (broad SMARTS) is 1. The number of aliphatic carboxylic acids is 1. The number of ether oxygens (including phenoxy) is 2. The number of amides is 2. The van der Waals surface area contributed by atoms with Crippen LogP contribution >= 0.6 is 0 Å². The first-order valence-corrected chi connectivity index (χ1v) is 8.14. The maximum atomic E-state index is 12.1. The van der Waals surface area contributed by atoms with Gasteiger partial charge in [-0.25, -0.2) is 4.79 Å². The molecule has 7 heteroatoms. The lowest BCUT2D eigenvalue weighted by atomic mass is 9.86. The number of carbonyl (C=O) groups excluding carboxylic acids is 1. The van der Waals surface area contributed by atoms with Crippen molar-refractivity contribution in [3.05, 3.63) is 18.2 Å². The minimum absolute atomic E-state index is 0.00482. The molecule has 3 N–H and O–H groups in total. The van der Waals surface area contributed by atoms with Gasteiger partial charge >= 0.3 is 12.0 Å². The largest absolute Gasteiger partial charge is 0.493 e. The number of nitrogens with one attached hydrogen (secondary N) is 2. The average molecular weight is 336 g/mol. The number of hydrogen-bond acceptors (Lipinski definition) is 4. The summed E-state index contributed by atoms with van der Waals surface area (Å²) in [4.78, 5) is 23.0. The molecule has 24 heavy (non-hydrogen) atoms. The third-order valence-corrected chi connectivity index (χ3v) is 4.13. The molecule has 132 valence electrons. The van der Waals surface area contributed by atoms with Gasteiger partial charge < -0.3 is 25.2 Å². The fourth-order valence-electron chi connectivity index (χ4n) is 2.86. The average Bonchev–Trinajstić information content (AvgIpc) is 2.56. The van der Waals surface area contributed by atoms with E-state index < -0.39 is 5.97 Å². The van der Waals surface area contributed by atoms with E-state index in [0.29, 0.717) is 49.5 Å². The van der Waals surface area contributed by atoms with Crippen LogP contribution in [0.3, 0.4) is 0 Å². The predicted molar refractivity (Wildman–Crippen MR) is 89.7 cm³/mol. The fraction of sp³-hybridized carbons (Fsp3) is 0.529. The summed E-state index contributed by atoms with van der Waals surface area (Å²) in [6.45, 7) is 2.37. The Bertz CT molecular complexity index is 582. The van der Waals surface area contributed by atoms with Gasteiger partial charge in [-0.3, -0.25) is 4.79 Å². The van der Waals surface area contributed by atoms with E-state index in [0.717, 1.165) is 0 Å². The van der Waals surface area contributed by atoms with Gasteiger partial charge in [0.2, 0.25) is 0 Å². The topological polar surface area (TPSA) is 96.9 Å². The Morgan fingerprint density at radius 3 is 2.50 bits per heavy atom. The highest BCUT2D eigenvalue weighted by molar-refractivity contribution is 5.89. The van der Waals surface area contributed by atoms with Crippen LogP contribution in [0.2, 0.25) is 0 Å². The Kier molecular flexibility index (Phi) is 6.28. The van der Waals surface area contributed by atoms with Crippen LogP contribution in [-0.2, 0) is 4.79 Å². The Balaban J connectivity index is 1.88. The number of benzene rings is 1. The molecule has 1 saturated carbocycles. The molecule has 0 bridgehead atoms. The Morgan fingerprint density at radius 2 is 1.92 bits per heavy atom. The van der Waals surface area contributed by atoms with Crippen molar-refractivity contribution in [1.29, 1.82) is 0 Å². The monoisotopic (exact) mass is 336 g/mol. The molecule has 0 unspecified atom stereocenters. The van der Waals surface area contributed by atoms with E-state index in [4.69, 9.17) is 14.6 Å². The molecule has 1 aromatic rings. The van der Waals surface area contributed by atoms with Crippen molar-refractivity contribution in [2.45, 2.75) is 38.6 Å². The maximum absolute atomic E-state index is 12.1. The van der Waals surface area contributed by atoms with Gasteiger partial charge in [0.15, 0.2) is 11.5 Å². The van der Waals surface area contributed by atoms with E-state index in [1.807, 2.05) is 6.92 Å². The van der Waals surface area contributed by atoms with Gasteiger partial charge in [0.1, 0.15) is 0 Å². The summed E-state index contributed by atoms with van der Waals surface area (Å²) in [5, 5.41) is 14.7. The highest BCUT2D eigenvalue weighted by atomic mass is 16.5. The van der Waals surface area contributed by atoms with Gasteiger partial charge in [0, 0.05) is 17.8 Å². The molecule has 0 atom stereocenters. The first-order valence-electron chi connectivity index (χ1n) is 8.14. The van der Waals surface area contributed by atoms with Crippen molar-refractivity contribution >= 4 is 17.7 Å². The van der Waals surface area contributed by atoms with Crippen molar-refractivity contribution in [3.63, 3.8) is 0 Å². The van der Waals surface area contributed by atoms with Crippen molar-refractivity contribution in [1.82, 2.24) is 5.32 Å². The number of hydrogen-bond donors (Lipinski definition) is 3. The molecule has 0 heterocycles. The molecule has 0 radical (unpaired) electrons. The molecule has 1 fully saturated rings. The molecule has 2 rings (SSSR count). The summed E-state index contributed by atoms with van der Waals surface area (Å²) in [7, 11) is 1.56. The molecule has 2 amide bonds. The molecule has 0 spiro atoms. The molecular weight excluding hydrogens is 312 g/mol. The summed E-state index contributed by atoms with van der Waals surface area (Å²) in [6.07, 6.45) is 2.54. The Morgan fingerprint density at radius 1 is 1.21 bits per heavy atom. The lowest BCUT2D eigenvalue weighted by Gasteiger charge is -2.26. The molecular formula is C17H24N2O5. The first-order chi connectivity index (χ1) is 11.5. The van der Waals surface area contributed by atoms with Crippen LogP contribution in [0.25, 0.3) is 0 Å². The highest BCUT2D eigenvalue weighted by Crippen LogP contribution is 2.30. The van der Waals surface area contributed by atoms with Crippen LogP contribution in [0.4, 0.5) is 10.5 Å². The van der Waals surface area contributed by atoms with E-state index in [2.05, 4.69) is 10.6 Å². The van der Waals surface area contributed by atoms with Crippen LogP contribution < -0.4 is 20.1 Å². The van der Waals surface area contributed by atoms with E-state index in [-0.39, 0.29) is 18.0 Å². The summed E-state index contributed by atoms with van der Waals surface area (Å²) in [5.41, 5.74) is 0.607. The normalized spacial score (nSPS) is 20.1.